The van der Waals surface area contributed by atoms with Crippen LogP contribution >= 0.6 is 0 Å². The van der Waals surface area contributed by atoms with Crippen molar-refractivity contribution in [2.24, 2.45) is 0 Å². The monoisotopic (exact) mass is 416 g/mol. The van der Waals surface area contributed by atoms with Gasteiger partial charge in [0.15, 0.2) is 0 Å². The Kier molecular flexibility index (Phi) is 5.20. The molecule has 10 heteroatoms. The highest BCUT2D eigenvalue weighted by atomic mass is 19.4. The van der Waals surface area contributed by atoms with Gasteiger partial charge in [-0.3, -0.25) is 0 Å². The van der Waals surface area contributed by atoms with Gasteiger partial charge in [0, 0.05) is 11.1 Å². The minimum atomic E-state index is -4.93. The summed E-state index contributed by atoms with van der Waals surface area (Å²) < 4.78 is 96.3. The summed E-state index contributed by atoms with van der Waals surface area (Å²) in [6, 6.07) is 7.44. The molecule has 0 atom stereocenters. The van der Waals surface area contributed by atoms with Crippen molar-refractivity contribution in [3.8, 4) is 28.5 Å². The normalized spacial score (nSPS) is 12.1. The predicted molar refractivity (Wildman–Crippen MR) is 89.4 cm³/mol. The summed E-state index contributed by atoms with van der Waals surface area (Å²) >= 11 is 0. The minimum absolute atomic E-state index is 0.00386. The number of benzene rings is 2. The molecule has 0 N–H and O–H groups in total. The fourth-order valence-corrected chi connectivity index (χ4v) is 2.57. The van der Waals surface area contributed by atoms with E-state index in [-0.39, 0.29) is 28.5 Å². The number of hydrogen-bond acceptors (Lipinski definition) is 3. The number of halogens is 7. The predicted octanol–water partition coefficient (Wildman–Crippen LogP) is 6.00. The van der Waals surface area contributed by atoms with Crippen molar-refractivity contribution in [2.75, 3.05) is 7.11 Å². The van der Waals surface area contributed by atoms with Crippen LogP contribution in [0.4, 0.5) is 30.7 Å². The van der Waals surface area contributed by atoms with Crippen LogP contribution in [0, 0.1) is 5.82 Å². The maximum atomic E-state index is 13.5. The molecule has 152 valence electrons. The zero-order valence-corrected chi connectivity index (χ0v) is 14.6. The largest absolute Gasteiger partial charge is 0.467 e. The maximum absolute atomic E-state index is 13.5. The first-order valence-electron chi connectivity index (χ1n) is 7.97. The number of hydrogen-bond donors (Lipinski definition) is 0. The van der Waals surface area contributed by atoms with Gasteiger partial charge in [-0.2, -0.15) is 36.3 Å². The van der Waals surface area contributed by atoms with E-state index in [0.717, 1.165) is 18.2 Å². The van der Waals surface area contributed by atoms with Crippen molar-refractivity contribution in [3.05, 3.63) is 65.5 Å². The van der Waals surface area contributed by atoms with Gasteiger partial charge in [0.2, 0.25) is 0 Å². The molecule has 29 heavy (non-hydrogen) atoms. The molecule has 0 unspecified atom stereocenters. The Bertz CT molecular complexity index is 1050. The number of ether oxygens (including phenoxy) is 1. The molecule has 0 aliphatic carbocycles. The van der Waals surface area contributed by atoms with E-state index in [2.05, 4.69) is 9.97 Å². The Labute approximate surface area is 159 Å². The van der Waals surface area contributed by atoms with Gasteiger partial charge < -0.3 is 4.74 Å². The SMILES string of the molecule is COc1nc(-c2cccc(C(F)(F)F)c2)cc(-c2ccc(F)c(C(F)(F)F)c2)n1. The molecule has 0 saturated carbocycles. The van der Waals surface area contributed by atoms with E-state index in [1.165, 1.54) is 25.3 Å². The van der Waals surface area contributed by atoms with E-state index in [0.29, 0.717) is 12.1 Å². The van der Waals surface area contributed by atoms with Gasteiger partial charge in [0.25, 0.3) is 0 Å². The second kappa shape index (κ2) is 7.34. The minimum Gasteiger partial charge on any atom is -0.467 e. The summed E-state index contributed by atoms with van der Waals surface area (Å²) in [5.41, 5.74) is -2.54. The van der Waals surface area contributed by atoms with Crippen molar-refractivity contribution >= 4 is 0 Å². The van der Waals surface area contributed by atoms with Crippen LogP contribution in [0.3, 0.4) is 0 Å². The van der Waals surface area contributed by atoms with Crippen molar-refractivity contribution in [3.63, 3.8) is 0 Å². The van der Waals surface area contributed by atoms with Gasteiger partial charge in [-0.15, -0.1) is 0 Å². The lowest BCUT2D eigenvalue weighted by Gasteiger charge is -2.12. The summed E-state index contributed by atoms with van der Waals surface area (Å²) in [6.45, 7) is 0. The molecule has 2 aromatic carbocycles. The van der Waals surface area contributed by atoms with Gasteiger partial charge in [-0.1, -0.05) is 12.1 Å². The number of methoxy groups -OCH3 is 1. The van der Waals surface area contributed by atoms with Gasteiger partial charge in [0.1, 0.15) is 5.82 Å². The van der Waals surface area contributed by atoms with Gasteiger partial charge in [-0.25, -0.2) is 4.39 Å². The average Bonchev–Trinajstić information content (AvgIpc) is 2.66. The summed E-state index contributed by atoms with van der Waals surface area (Å²) in [5.74, 6) is -1.46. The van der Waals surface area contributed by atoms with E-state index < -0.39 is 29.3 Å². The topological polar surface area (TPSA) is 35.0 Å². The molecular weight excluding hydrogens is 405 g/mol. The molecule has 3 nitrogen and oxygen atoms in total. The molecule has 0 spiro atoms. The second-order valence-corrected chi connectivity index (χ2v) is 5.90. The molecule has 1 heterocycles. The molecular formula is C19H11F7N2O. The summed E-state index contributed by atoms with van der Waals surface area (Å²) in [5, 5.41) is 0. The quantitative estimate of drug-likeness (QED) is 0.492. The van der Waals surface area contributed by atoms with Crippen molar-refractivity contribution in [2.45, 2.75) is 12.4 Å². The second-order valence-electron chi connectivity index (χ2n) is 5.90. The number of nitrogens with zero attached hydrogens (tertiary/aromatic N) is 2. The van der Waals surface area contributed by atoms with Crippen LogP contribution in [-0.4, -0.2) is 17.1 Å². The Morgan fingerprint density at radius 1 is 0.759 bits per heavy atom. The fraction of sp³-hybridized carbons (Fsp3) is 0.158. The Hall–Kier alpha value is -3.17. The Balaban J connectivity index is 2.15. The van der Waals surface area contributed by atoms with Crippen molar-refractivity contribution in [1.29, 1.82) is 0 Å². The third-order valence-corrected chi connectivity index (χ3v) is 3.94. The third kappa shape index (κ3) is 4.47. The van der Waals surface area contributed by atoms with Crippen LogP contribution in [0.5, 0.6) is 6.01 Å². The third-order valence-electron chi connectivity index (χ3n) is 3.94. The Morgan fingerprint density at radius 3 is 1.93 bits per heavy atom. The highest BCUT2D eigenvalue weighted by Gasteiger charge is 2.34. The zero-order chi connectivity index (χ0) is 21.4. The van der Waals surface area contributed by atoms with Gasteiger partial charge in [-0.05, 0) is 36.4 Å². The molecule has 0 aliphatic heterocycles. The number of alkyl halides is 6. The molecule has 1 aromatic heterocycles. The lowest BCUT2D eigenvalue weighted by atomic mass is 10.0. The first-order valence-corrected chi connectivity index (χ1v) is 7.97. The molecule has 3 rings (SSSR count). The summed E-state index contributed by atoms with van der Waals surface area (Å²) in [6.07, 6.45) is -9.52. The standard InChI is InChI=1S/C19H11F7N2O/c1-29-17-27-15(10-3-2-4-12(7-10)18(21,22)23)9-16(28-17)11-5-6-14(20)13(8-11)19(24,25)26/h2-9H,1H3. The highest BCUT2D eigenvalue weighted by Crippen LogP contribution is 2.36. The summed E-state index contributed by atoms with van der Waals surface area (Å²) in [4.78, 5) is 7.89. The molecule has 0 bridgehead atoms. The van der Waals surface area contributed by atoms with Crippen LogP contribution < -0.4 is 4.74 Å². The van der Waals surface area contributed by atoms with E-state index in [9.17, 15) is 30.7 Å². The average molecular weight is 416 g/mol. The highest BCUT2D eigenvalue weighted by molar-refractivity contribution is 5.69. The van der Waals surface area contributed by atoms with Crippen LogP contribution in [0.25, 0.3) is 22.5 Å². The zero-order valence-electron chi connectivity index (χ0n) is 14.6. The van der Waals surface area contributed by atoms with Crippen molar-refractivity contribution < 1.29 is 35.5 Å². The first-order chi connectivity index (χ1) is 13.5. The van der Waals surface area contributed by atoms with Gasteiger partial charge in [0.05, 0.1) is 29.6 Å². The molecule has 0 fully saturated rings. The van der Waals surface area contributed by atoms with Crippen LogP contribution in [0.1, 0.15) is 11.1 Å². The number of aromatic nitrogens is 2. The fourth-order valence-electron chi connectivity index (χ4n) is 2.57. The van der Waals surface area contributed by atoms with E-state index in [1.807, 2.05) is 0 Å². The molecule has 3 aromatic rings. The molecule has 0 aliphatic rings. The lowest BCUT2D eigenvalue weighted by molar-refractivity contribution is -0.140. The molecule has 0 radical (unpaired) electrons. The molecule has 0 amide bonds. The summed E-state index contributed by atoms with van der Waals surface area (Å²) in [7, 11) is 1.20. The van der Waals surface area contributed by atoms with Crippen molar-refractivity contribution in [1.82, 2.24) is 9.97 Å². The van der Waals surface area contributed by atoms with Crippen LogP contribution in [0.15, 0.2) is 48.5 Å². The number of rotatable bonds is 3. The Morgan fingerprint density at radius 2 is 1.38 bits per heavy atom. The van der Waals surface area contributed by atoms with Gasteiger partial charge >= 0.3 is 18.4 Å². The molecule has 0 saturated heterocycles. The van der Waals surface area contributed by atoms with Crippen LogP contribution in [-0.2, 0) is 12.4 Å². The van der Waals surface area contributed by atoms with E-state index in [4.69, 9.17) is 4.74 Å². The van der Waals surface area contributed by atoms with Crippen LogP contribution in [0.2, 0.25) is 0 Å². The van der Waals surface area contributed by atoms with E-state index >= 15 is 0 Å². The smallest absolute Gasteiger partial charge is 0.419 e. The first kappa shape index (κ1) is 20.6. The lowest BCUT2D eigenvalue weighted by Crippen LogP contribution is -2.08. The van der Waals surface area contributed by atoms with E-state index in [1.54, 1.807) is 0 Å². The maximum Gasteiger partial charge on any atom is 0.419 e.